The summed E-state index contributed by atoms with van der Waals surface area (Å²) in [5.74, 6) is 0. The van der Waals surface area contributed by atoms with E-state index in [0.717, 1.165) is 32.8 Å². The largest absolute Gasteiger partial charge is 0.379 e. The molecule has 0 unspecified atom stereocenters. The first kappa shape index (κ1) is 13.7. The van der Waals surface area contributed by atoms with Crippen molar-refractivity contribution in [2.75, 3.05) is 32.8 Å². The van der Waals surface area contributed by atoms with Gasteiger partial charge in [-0.15, -0.1) is 0 Å². The van der Waals surface area contributed by atoms with Crippen LogP contribution in [0.15, 0.2) is 30.5 Å². The van der Waals surface area contributed by atoms with Crippen molar-refractivity contribution in [3.05, 3.63) is 36.0 Å². The van der Waals surface area contributed by atoms with Crippen LogP contribution < -0.4 is 0 Å². The number of rotatable bonds is 5. The van der Waals surface area contributed by atoms with Crippen LogP contribution >= 0.6 is 0 Å². The minimum absolute atomic E-state index is 0.898. The van der Waals surface area contributed by atoms with Crippen LogP contribution in [0.1, 0.15) is 18.9 Å². The fraction of sp³-hybridized carbons (Fsp3) is 0.529. The van der Waals surface area contributed by atoms with Gasteiger partial charge in [-0.2, -0.15) is 0 Å². The molecule has 0 bridgehead atoms. The highest BCUT2D eigenvalue weighted by Crippen LogP contribution is 2.22. The molecule has 20 heavy (non-hydrogen) atoms. The summed E-state index contributed by atoms with van der Waals surface area (Å²) in [4.78, 5) is 2.52. The van der Waals surface area contributed by atoms with E-state index in [-0.39, 0.29) is 0 Å². The second-order valence-electron chi connectivity index (χ2n) is 5.52. The second-order valence-corrected chi connectivity index (χ2v) is 5.52. The van der Waals surface area contributed by atoms with Crippen molar-refractivity contribution >= 4 is 10.9 Å². The van der Waals surface area contributed by atoms with Crippen molar-refractivity contribution in [3.63, 3.8) is 0 Å². The molecule has 1 aliphatic rings. The quantitative estimate of drug-likeness (QED) is 0.832. The van der Waals surface area contributed by atoms with Gasteiger partial charge in [-0.25, -0.2) is 0 Å². The molecule has 0 saturated carbocycles. The summed E-state index contributed by atoms with van der Waals surface area (Å²) in [6.07, 6.45) is 4.74. The van der Waals surface area contributed by atoms with Crippen molar-refractivity contribution in [2.24, 2.45) is 0 Å². The Morgan fingerprint density at radius 3 is 2.75 bits per heavy atom. The average Bonchev–Trinajstić information content (AvgIpc) is 2.87. The Bertz CT molecular complexity index is 555. The molecule has 1 aromatic carbocycles. The third kappa shape index (κ3) is 2.89. The highest BCUT2D eigenvalue weighted by atomic mass is 16.5. The van der Waals surface area contributed by atoms with Gasteiger partial charge in [0.25, 0.3) is 0 Å². The van der Waals surface area contributed by atoms with Crippen molar-refractivity contribution in [3.8, 4) is 0 Å². The normalized spacial score (nSPS) is 16.9. The number of morpholine rings is 1. The number of aromatic nitrogens is 1. The van der Waals surface area contributed by atoms with E-state index < -0.39 is 0 Å². The molecule has 108 valence electrons. The van der Waals surface area contributed by atoms with Gasteiger partial charge < -0.3 is 9.30 Å². The highest BCUT2D eigenvalue weighted by molar-refractivity contribution is 5.83. The van der Waals surface area contributed by atoms with Gasteiger partial charge in [0.15, 0.2) is 0 Å². The third-order valence-corrected chi connectivity index (χ3v) is 4.24. The molecule has 3 heteroatoms. The van der Waals surface area contributed by atoms with Gasteiger partial charge >= 0.3 is 0 Å². The van der Waals surface area contributed by atoms with Crippen LogP contribution in [0.25, 0.3) is 10.9 Å². The molecule has 0 amide bonds. The van der Waals surface area contributed by atoms with E-state index in [1.54, 1.807) is 0 Å². The second kappa shape index (κ2) is 6.42. The van der Waals surface area contributed by atoms with Crippen LogP contribution in [0.4, 0.5) is 0 Å². The summed E-state index contributed by atoms with van der Waals surface area (Å²) in [7, 11) is 0. The van der Waals surface area contributed by atoms with Crippen LogP contribution in [-0.4, -0.2) is 42.3 Å². The first-order valence-electron chi connectivity index (χ1n) is 7.75. The van der Waals surface area contributed by atoms with Gasteiger partial charge in [0.2, 0.25) is 0 Å². The lowest BCUT2D eigenvalue weighted by Gasteiger charge is -2.26. The summed E-state index contributed by atoms with van der Waals surface area (Å²) in [6.45, 7) is 8.43. The lowest BCUT2D eigenvalue weighted by atomic mass is 10.1. The molecule has 0 aliphatic carbocycles. The van der Waals surface area contributed by atoms with Crippen LogP contribution in [0.2, 0.25) is 0 Å². The molecule has 1 fully saturated rings. The van der Waals surface area contributed by atoms with Crippen LogP contribution in [-0.2, 0) is 17.7 Å². The van der Waals surface area contributed by atoms with Gasteiger partial charge in [-0.3, -0.25) is 4.90 Å². The molecular formula is C17H24N2O. The Hall–Kier alpha value is -1.32. The molecule has 0 N–H and O–H groups in total. The maximum Gasteiger partial charge on any atom is 0.0594 e. The lowest BCUT2D eigenvalue weighted by Crippen LogP contribution is -2.36. The Kier molecular flexibility index (Phi) is 4.38. The molecule has 0 spiro atoms. The molecule has 1 saturated heterocycles. The first-order chi connectivity index (χ1) is 9.88. The Morgan fingerprint density at radius 1 is 1.15 bits per heavy atom. The Balaban J connectivity index is 1.65. The molecule has 0 radical (unpaired) electrons. The number of hydrogen-bond acceptors (Lipinski definition) is 2. The molecule has 1 aromatic heterocycles. The van der Waals surface area contributed by atoms with Crippen molar-refractivity contribution in [1.82, 2.24) is 9.47 Å². The monoisotopic (exact) mass is 272 g/mol. The molecule has 2 heterocycles. The van der Waals surface area contributed by atoms with E-state index >= 15 is 0 Å². The predicted octanol–water partition coefficient (Wildman–Crippen LogP) is 2.93. The van der Waals surface area contributed by atoms with Gasteiger partial charge in [-0.05, 0) is 37.9 Å². The minimum atomic E-state index is 0.898. The summed E-state index contributed by atoms with van der Waals surface area (Å²) in [6, 6.07) is 8.76. The summed E-state index contributed by atoms with van der Waals surface area (Å²) >= 11 is 0. The summed E-state index contributed by atoms with van der Waals surface area (Å²) in [5, 5.41) is 1.43. The molecule has 3 rings (SSSR count). The number of hydrogen-bond donors (Lipinski definition) is 0. The van der Waals surface area contributed by atoms with Crippen molar-refractivity contribution < 1.29 is 4.74 Å². The van der Waals surface area contributed by atoms with Gasteiger partial charge in [0, 0.05) is 36.7 Å². The molecular weight excluding hydrogens is 248 g/mol. The number of benzene rings is 1. The molecule has 2 aromatic rings. The van der Waals surface area contributed by atoms with E-state index in [1.165, 1.54) is 35.9 Å². The molecule has 0 atom stereocenters. The van der Waals surface area contributed by atoms with E-state index in [1.807, 2.05) is 0 Å². The number of aryl methyl sites for hydroxylation is 2. The first-order valence-corrected chi connectivity index (χ1v) is 7.75. The number of nitrogens with zero attached hydrogens (tertiary/aromatic N) is 2. The van der Waals surface area contributed by atoms with Crippen molar-refractivity contribution in [2.45, 2.75) is 26.3 Å². The molecule has 1 aliphatic heterocycles. The van der Waals surface area contributed by atoms with Crippen LogP contribution in [0, 0.1) is 0 Å². The minimum Gasteiger partial charge on any atom is -0.379 e. The van der Waals surface area contributed by atoms with Gasteiger partial charge in [-0.1, -0.05) is 18.2 Å². The average molecular weight is 272 g/mol. The zero-order chi connectivity index (χ0) is 13.8. The van der Waals surface area contributed by atoms with Gasteiger partial charge in [0.05, 0.1) is 13.2 Å². The zero-order valence-electron chi connectivity index (χ0n) is 12.3. The van der Waals surface area contributed by atoms with E-state index in [0.29, 0.717) is 0 Å². The standard InChI is InChI=1S/C17H24N2O/c1-2-19-14-15(16-7-3-4-8-17(16)19)6-5-9-18-10-12-20-13-11-18/h3-4,7-8,14H,2,5-6,9-13H2,1H3. The predicted molar refractivity (Wildman–Crippen MR) is 83.2 cm³/mol. The van der Waals surface area contributed by atoms with Gasteiger partial charge in [0.1, 0.15) is 0 Å². The fourth-order valence-corrected chi connectivity index (χ4v) is 3.10. The molecule has 3 nitrogen and oxygen atoms in total. The third-order valence-electron chi connectivity index (χ3n) is 4.24. The van der Waals surface area contributed by atoms with E-state index in [9.17, 15) is 0 Å². The summed E-state index contributed by atoms with van der Waals surface area (Å²) < 4.78 is 7.76. The van der Waals surface area contributed by atoms with E-state index in [2.05, 4.69) is 46.9 Å². The van der Waals surface area contributed by atoms with E-state index in [4.69, 9.17) is 4.74 Å². The highest BCUT2D eigenvalue weighted by Gasteiger charge is 2.11. The van der Waals surface area contributed by atoms with Crippen LogP contribution in [0.5, 0.6) is 0 Å². The lowest BCUT2D eigenvalue weighted by molar-refractivity contribution is 0.0375. The number of fused-ring (bicyclic) bond motifs is 1. The van der Waals surface area contributed by atoms with Crippen molar-refractivity contribution in [1.29, 1.82) is 0 Å². The maximum atomic E-state index is 5.39. The van der Waals surface area contributed by atoms with Crippen LogP contribution in [0.3, 0.4) is 0 Å². The summed E-state index contributed by atoms with van der Waals surface area (Å²) in [5.41, 5.74) is 2.87. The smallest absolute Gasteiger partial charge is 0.0594 e. The Labute approximate surface area is 121 Å². The zero-order valence-corrected chi connectivity index (χ0v) is 12.3. The SMILES string of the molecule is CCn1cc(CCCN2CCOCC2)c2ccccc21. The fourth-order valence-electron chi connectivity index (χ4n) is 3.10. The topological polar surface area (TPSA) is 17.4 Å². The number of ether oxygens (including phenoxy) is 1. The maximum absolute atomic E-state index is 5.39. The number of para-hydroxylation sites is 1. The Morgan fingerprint density at radius 2 is 1.95 bits per heavy atom.